The van der Waals surface area contributed by atoms with Crippen molar-refractivity contribution >= 4 is 23.7 Å². The molecule has 1 aromatic heterocycles. The van der Waals surface area contributed by atoms with E-state index < -0.39 is 23.8 Å². The van der Waals surface area contributed by atoms with Gasteiger partial charge in [-0.2, -0.15) is 0 Å². The predicted octanol–water partition coefficient (Wildman–Crippen LogP) is 2.11. The Morgan fingerprint density at radius 3 is 2.70 bits per heavy atom. The number of urea groups is 1. The number of hydrogen-bond acceptors (Lipinski definition) is 5. The molecule has 1 aliphatic heterocycles. The number of aryl methyl sites for hydroxylation is 1. The highest BCUT2D eigenvalue weighted by Gasteiger charge is 2.30. The Labute approximate surface area is 176 Å². The van der Waals surface area contributed by atoms with Crippen LogP contribution in [-0.2, 0) is 22.4 Å². The number of carbonyl (C=O) groups is 3. The lowest BCUT2D eigenvalue weighted by molar-refractivity contribution is -0.125. The molecule has 0 spiro atoms. The van der Waals surface area contributed by atoms with Crippen LogP contribution in [0, 0.1) is 5.92 Å². The molecule has 30 heavy (non-hydrogen) atoms. The Kier molecular flexibility index (Phi) is 6.48. The Morgan fingerprint density at radius 2 is 2.00 bits per heavy atom. The third-order valence-electron chi connectivity index (χ3n) is 5.27. The molecule has 0 bridgehead atoms. The number of ether oxygens (including phenoxy) is 1. The van der Waals surface area contributed by atoms with E-state index >= 15 is 0 Å². The van der Waals surface area contributed by atoms with E-state index in [9.17, 15) is 14.4 Å². The minimum atomic E-state index is -0.549. The van der Waals surface area contributed by atoms with Gasteiger partial charge in [0.05, 0.1) is 11.9 Å². The summed E-state index contributed by atoms with van der Waals surface area (Å²) < 4.78 is 5.33. The summed E-state index contributed by atoms with van der Waals surface area (Å²) in [4.78, 5) is 40.9. The van der Waals surface area contributed by atoms with Crippen LogP contribution in [0.4, 0.5) is 15.3 Å². The Morgan fingerprint density at radius 1 is 1.23 bits per heavy atom. The molecule has 164 valence electrons. The molecule has 1 fully saturated rings. The van der Waals surface area contributed by atoms with Crippen molar-refractivity contribution in [3.63, 3.8) is 0 Å². The van der Waals surface area contributed by atoms with Gasteiger partial charge in [0.15, 0.2) is 0 Å². The van der Waals surface area contributed by atoms with E-state index in [2.05, 4.69) is 26.3 Å². The van der Waals surface area contributed by atoms with Gasteiger partial charge in [-0.05, 0) is 64.0 Å². The summed E-state index contributed by atoms with van der Waals surface area (Å²) in [5.41, 5.74) is 1.94. The summed E-state index contributed by atoms with van der Waals surface area (Å²) in [6, 6.07) is 0.830. The molecule has 2 aliphatic rings. The van der Waals surface area contributed by atoms with Gasteiger partial charge in [-0.3, -0.25) is 9.78 Å². The second-order valence-corrected chi connectivity index (χ2v) is 9.05. The quantitative estimate of drug-likeness (QED) is 0.600. The average Bonchev–Trinajstić information content (AvgIpc) is 2.63. The van der Waals surface area contributed by atoms with Crippen LogP contribution in [0.3, 0.4) is 0 Å². The maximum atomic E-state index is 12.4. The van der Waals surface area contributed by atoms with Gasteiger partial charge in [-0.1, -0.05) is 6.92 Å². The van der Waals surface area contributed by atoms with Gasteiger partial charge < -0.3 is 26.0 Å². The number of anilines is 1. The zero-order chi connectivity index (χ0) is 21.9. The fourth-order valence-electron chi connectivity index (χ4n) is 3.76. The zero-order valence-corrected chi connectivity index (χ0v) is 18.0. The number of aromatic nitrogens is 1. The SMILES string of the molecule is CC1CCNC(=O)C1NC(=O)Nc1cnc2c(c1)CC(NC(=O)OC(C)(C)C)CC2. The molecule has 4 amide bonds. The van der Waals surface area contributed by atoms with Gasteiger partial charge in [-0.15, -0.1) is 0 Å². The fourth-order valence-corrected chi connectivity index (χ4v) is 3.76. The van der Waals surface area contributed by atoms with Crippen LogP contribution in [0.5, 0.6) is 0 Å². The van der Waals surface area contributed by atoms with Crippen molar-refractivity contribution < 1.29 is 19.1 Å². The highest BCUT2D eigenvalue weighted by atomic mass is 16.6. The number of piperidine rings is 1. The van der Waals surface area contributed by atoms with Crippen molar-refractivity contribution in [2.45, 2.75) is 71.1 Å². The van der Waals surface area contributed by atoms with Gasteiger partial charge in [0.25, 0.3) is 0 Å². The summed E-state index contributed by atoms with van der Waals surface area (Å²) in [7, 11) is 0. The molecule has 3 atom stereocenters. The van der Waals surface area contributed by atoms with Gasteiger partial charge in [0.1, 0.15) is 11.6 Å². The largest absolute Gasteiger partial charge is 0.444 e. The first-order valence-corrected chi connectivity index (χ1v) is 10.4. The van der Waals surface area contributed by atoms with Crippen molar-refractivity contribution in [3.05, 3.63) is 23.5 Å². The van der Waals surface area contributed by atoms with Crippen molar-refractivity contribution in [2.75, 3.05) is 11.9 Å². The van der Waals surface area contributed by atoms with E-state index in [1.54, 1.807) is 6.20 Å². The molecule has 9 nitrogen and oxygen atoms in total. The van der Waals surface area contributed by atoms with Crippen LogP contribution < -0.4 is 21.3 Å². The number of fused-ring (bicyclic) bond motifs is 1. The minimum absolute atomic E-state index is 0.0509. The lowest BCUT2D eigenvalue weighted by Gasteiger charge is -2.29. The summed E-state index contributed by atoms with van der Waals surface area (Å²) in [6.07, 6.45) is 4.13. The molecule has 1 aromatic rings. The van der Waals surface area contributed by atoms with E-state index in [4.69, 9.17) is 4.74 Å². The van der Waals surface area contributed by atoms with Crippen LogP contribution in [0.1, 0.15) is 51.8 Å². The minimum Gasteiger partial charge on any atom is -0.444 e. The van der Waals surface area contributed by atoms with Gasteiger partial charge in [0, 0.05) is 18.3 Å². The van der Waals surface area contributed by atoms with E-state index in [0.717, 1.165) is 30.5 Å². The molecule has 4 N–H and O–H groups in total. The molecule has 0 aromatic carbocycles. The highest BCUT2D eigenvalue weighted by Crippen LogP contribution is 2.23. The van der Waals surface area contributed by atoms with E-state index in [1.807, 2.05) is 33.8 Å². The standard InChI is InChI=1S/C21H31N5O4/c1-12-7-8-22-18(27)17(12)26-19(28)24-15-10-13-9-14(5-6-16(13)23-11-15)25-20(29)30-21(2,3)4/h10-12,14,17H,5-9H2,1-4H3,(H,22,27)(H,25,29)(H2,24,26,28). The first-order valence-electron chi connectivity index (χ1n) is 10.4. The number of hydrogen-bond donors (Lipinski definition) is 4. The monoisotopic (exact) mass is 417 g/mol. The van der Waals surface area contributed by atoms with E-state index in [-0.39, 0.29) is 17.9 Å². The number of amides is 4. The molecule has 3 rings (SSSR count). The third kappa shape index (κ3) is 5.84. The van der Waals surface area contributed by atoms with Crippen molar-refractivity contribution in [1.29, 1.82) is 0 Å². The number of pyridine rings is 1. The normalized spacial score (nSPS) is 23.6. The highest BCUT2D eigenvalue weighted by molar-refractivity contribution is 5.94. The molecule has 9 heteroatoms. The summed E-state index contributed by atoms with van der Waals surface area (Å²) in [6.45, 7) is 8.06. The molecule has 1 saturated heterocycles. The molecule has 1 aliphatic carbocycles. The van der Waals surface area contributed by atoms with Crippen LogP contribution in [0.25, 0.3) is 0 Å². The summed E-state index contributed by atoms with van der Waals surface area (Å²) >= 11 is 0. The van der Waals surface area contributed by atoms with Crippen molar-refractivity contribution in [2.24, 2.45) is 5.92 Å². The first kappa shape index (κ1) is 21.9. The predicted molar refractivity (Wildman–Crippen MR) is 112 cm³/mol. The number of nitrogens with one attached hydrogen (secondary N) is 4. The van der Waals surface area contributed by atoms with Crippen LogP contribution >= 0.6 is 0 Å². The number of rotatable bonds is 3. The number of carbonyl (C=O) groups excluding carboxylic acids is 3. The molecular formula is C21H31N5O4. The Hall–Kier alpha value is -2.84. The van der Waals surface area contributed by atoms with E-state index in [0.29, 0.717) is 18.7 Å². The van der Waals surface area contributed by atoms with Crippen molar-refractivity contribution in [3.8, 4) is 0 Å². The fraction of sp³-hybridized carbons (Fsp3) is 0.619. The first-order chi connectivity index (χ1) is 14.1. The number of alkyl carbamates (subject to hydrolysis) is 1. The van der Waals surface area contributed by atoms with Crippen LogP contribution in [0.2, 0.25) is 0 Å². The summed E-state index contributed by atoms with van der Waals surface area (Å²) in [5, 5.41) is 11.2. The number of nitrogens with zero attached hydrogens (tertiary/aromatic N) is 1. The second kappa shape index (κ2) is 8.89. The second-order valence-electron chi connectivity index (χ2n) is 9.05. The Bertz CT molecular complexity index is 820. The lowest BCUT2D eigenvalue weighted by atomic mass is 9.91. The molecule has 0 saturated carbocycles. The van der Waals surface area contributed by atoms with Gasteiger partial charge in [0.2, 0.25) is 5.91 Å². The van der Waals surface area contributed by atoms with Crippen LogP contribution in [0.15, 0.2) is 12.3 Å². The molecule has 3 unspecified atom stereocenters. The maximum absolute atomic E-state index is 12.4. The van der Waals surface area contributed by atoms with Crippen molar-refractivity contribution in [1.82, 2.24) is 20.9 Å². The zero-order valence-electron chi connectivity index (χ0n) is 18.0. The van der Waals surface area contributed by atoms with Gasteiger partial charge >= 0.3 is 12.1 Å². The van der Waals surface area contributed by atoms with E-state index in [1.165, 1.54) is 0 Å². The van der Waals surface area contributed by atoms with Crippen LogP contribution in [-0.4, -0.2) is 47.2 Å². The third-order valence-corrected chi connectivity index (χ3v) is 5.27. The molecular weight excluding hydrogens is 386 g/mol. The molecule has 2 heterocycles. The molecule has 0 radical (unpaired) electrons. The smallest absolute Gasteiger partial charge is 0.407 e. The average molecular weight is 418 g/mol. The lowest BCUT2D eigenvalue weighted by Crippen LogP contribution is -2.55. The van der Waals surface area contributed by atoms with Gasteiger partial charge in [-0.25, -0.2) is 9.59 Å². The summed E-state index contributed by atoms with van der Waals surface area (Å²) in [5.74, 6) is -0.0885. The maximum Gasteiger partial charge on any atom is 0.407 e. The Balaban J connectivity index is 1.58. The topological polar surface area (TPSA) is 121 Å².